The molecule has 1 aromatic rings. The van der Waals surface area contributed by atoms with Crippen LogP contribution in [0.4, 0.5) is 10.1 Å². The zero-order valence-electron chi connectivity index (χ0n) is 9.15. The number of anilines is 1. The van der Waals surface area contributed by atoms with Gasteiger partial charge in [0.2, 0.25) is 0 Å². The molecule has 0 saturated heterocycles. The van der Waals surface area contributed by atoms with Gasteiger partial charge in [-0.3, -0.25) is 0 Å². The maximum atomic E-state index is 13.1. The summed E-state index contributed by atoms with van der Waals surface area (Å²) >= 11 is 11.3. The molecule has 0 radical (unpaired) electrons. The Morgan fingerprint density at radius 3 is 2.31 bits per heavy atom. The van der Waals surface area contributed by atoms with E-state index in [-0.39, 0.29) is 10.0 Å². The van der Waals surface area contributed by atoms with Gasteiger partial charge in [-0.15, -0.1) is 0 Å². The van der Waals surface area contributed by atoms with Gasteiger partial charge in [0.05, 0.1) is 15.6 Å². The fourth-order valence-corrected chi connectivity index (χ4v) is 1.56. The van der Waals surface area contributed by atoms with Crippen LogP contribution in [0, 0.1) is 5.82 Å². The highest BCUT2D eigenvalue weighted by atomic mass is 35.5. The van der Waals surface area contributed by atoms with Gasteiger partial charge in [-0.05, 0) is 25.5 Å². The van der Waals surface area contributed by atoms with Crippen LogP contribution in [-0.2, 0) is 0 Å². The van der Waals surface area contributed by atoms with Crippen molar-refractivity contribution in [1.29, 1.82) is 0 Å². The van der Waals surface area contributed by atoms with Gasteiger partial charge in [0.25, 0.3) is 0 Å². The van der Waals surface area contributed by atoms with E-state index < -0.39 is 11.4 Å². The largest absolute Gasteiger partial charge is 0.388 e. The number of hydrogen-bond donors (Lipinski definition) is 2. The van der Waals surface area contributed by atoms with E-state index >= 15 is 0 Å². The molecule has 0 heterocycles. The van der Waals surface area contributed by atoms with Crippen LogP contribution >= 0.6 is 23.2 Å². The fraction of sp³-hybridized carbons (Fsp3) is 0.455. The second-order valence-electron chi connectivity index (χ2n) is 3.96. The van der Waals surface area contributed by atoms with Crippen molar-refractivity contribution in [2.45, 2.75) is 25.9 Å². The number of aliphatic hydroxyl groups is 1. The summed E-state index contributed by atoms with van der Waals surface area (Å²) in [6.07, 6.45) is 0.614. The van der Waals surface area contributed by atoms with Crippen molar-refractivity contribution in [1.82, 2.24) is 0 Å². The normalized spacial score (nSPS) is 14.6. The molecule has 0 aliphatic heterocycles. The van der Waals surface area contributed by atoms with E-state index in [2.05, 4.69) is 5.32 Å². The third-order valence-electron chi connectivity index (χ3n) is 2.42. The summed E-state index contributed by atoms with van der Waals surface area (Å²) < 4.78 is 13.1. The summed E-state index contributed by atoms with van der Waals surface area (Å²) in [5, 5.41) is 12.7. The summed E-state index contributed by atoms with van der Waals surface area (Å²) in [5.74, 6) is -0.629. The molecule has 1 atom stereocenters. The third-order valence-corrected chi connectivity index (χ3v) is 2.97. The van der Waals surface area contributed by atoms with E-state index in [4.69, 9.17) is 23.2 Å². The molecule has 0 amide bonds. The fourth-order valence-electron chi connectivity index (χ4n) is 1.08. The molecule has 16 heavy (non-hydrogen) atoms. The molecule has 1 aromatic carbocycles. The predicted octanol–water partition coefficient (Wildman–Crippen LogP) is 3.71. The van der Waals surface area contributed by atoms with Gasteiger partial charge < -0.3 is 10.4 Å². The van der Waals surface area contributed by atoms with Gasteiger partial charge in [-0.1, -0.05) is 30.1 Å². The molecule has 90 valence electrons. The van der Waals surface area contributed by atoms with Crippen LogP contribution in [0.5, 0.6) is 0 Å². The lowest BCUT2D eigenvalue weighted by Crippen LogP contribution is -2.32. The average Bonchev–Trinajstić information content (AvgIpc) is 2.23. The van der Waals surface area contributed by atoms with Crippen molar-refractivity contribution in [2.24, 2.45) is 0 Å². The second kappa shape index (κ2) is 5.21. The molecule has 0 spiro atoms. The van der Waals surface area contributed by atoms with Crippen LogP contribution in [0.2, 0.25) is 10.0 Å². The minimum atomic E-state index is -0.812. The topological polar surface area (TPSA) is 32.3 Å². The zero-order valence-corrected chi connectivity index (χ0v) is 10.7. The minimum absolute atomic E-state index is 0.0360. The molecular weight excluding hydrogens is 252 g/mol. The van der Waals surface area contributed by atoms with Crippen LogP contribution in [0.1, 0.15) is 20.3 Å². The Balaban J connectivity index is 2.76. The Kier molecular flexibility index (Phi) is 4.42. The lowest BCUT2D eigenvalue weighted by molar-refractivity contribution is 0.0697. The first-order chi connectivity index (χ1) is 7.35. The summed E-state index contributed by atoms with van der Waals surface area (Å²) in [4.78, 5) is 0. The molecule has 0 fully saturated rings. The van der Waals surface area contributed by atoms with E-state index in [0.717, 1.165) is 0 Å². The number of halogens is 3. The van der Waals surface area contributed by atoms with Crippen molar-refractivity contribution >= 4 is 28.9 Å². The summed E-state index contributed by atoms with van der Waals surface area (Å²) in [6.45, 7) is 3.95. The molecule has 0 aliphatic rings. The van der Waals surface area contributed by atoms with Gasteiger partial charge in [0, 0.05) is 12.2 Å². The first-order valence-electron chi connectivity index (χ1n) is 4.96. The van der Waals surface area contributed by atoms with E-state index in [1.165, 1.54) is 12.1 Å². The Morgan fingerprint density at radius 1 is 1.38 bits per heavy atom. The number of nitrogens with one attached hydrogen (secondary N) is 1. The minimum Gasteiger partial charge on any atom is -0.388 e. The Hall–Kier alpha value is -0.510. The molecule has 0 aliphatic carbocycles. The highest BCUT2D eigenvalue weighted by molar-refractivity contribution is 6.35. The smallest absolute Gasteiger partial charge is 0.160 e. The van der Waals surface area contributed by atoms with E-state index in [0.29, 0.717) is 18.7 Å². The van der Waals surface area contributed by atoms with E-state index in [1.54, 1.807) is 6.92 Å². The molecule has 1 rings (SSSR count). The lowest BCUT2D eigenvalue weighted by atomic mass is 10.0. The SMILES string of the molecule is CCC(C)(O)CNc1cc(Cl)c(F)c(Cl)c1. The standard InChI is InChI=1S/C11H14Cl2FNO/c1-3-11(2,16)6-15-7-4-8(12)10(14)9(13)5-7/h4-5,15-16H,3,6H2,1-2H3. The first kappa shape index (κ1) is 13.6. The Bertz CT molecular complexity index is 359. The molecule has 2 nitrogen and oxygen atoms in total. The van der Waals surface area contributed by atoms with Crippen LogP contribution in [0.3, 0.4) is 0 Å². The molecule has 0 aromatic heterocycles. The van der Waals surface area contributed by atoms with Gasteiger partial charge in [-0.2, -0.15) is 0 Å². The quantitative estimate of drug-likeness (QED) is 0.814. The Labute approximate surface area is 104 Å². The van der Waals surface area contributed by atoms with Crippen LogP contribution in [-0.4, -0.2) is 17.3 Å². The molecule has 1 unspecified atom stereocenters. The highest BCUT2D eigenvalue weighted by Crippen LogP contribution is 2.27. The molecule has 5 heteroatoms. The maximum Gasteiger partial charge on any atom is 0.160 e. The van der Waals surface area contributed by atoms with Crippen LogP contribution < -0.4 is 5.32 Å². The van der Waals surface area contributed by atoms with Gasteiger partial charge in [-0.25, -0.2) is 4.39 Å². The maximum absolute atomic E-state index is 13.1. The Morgan fingerprint density at radius 2 is 1.88 bits per heavy atom. The monoisotopic (exact) mass is 265 g/mol. The molecular formula is C11H14Cl2FNO. The zero-order chi connectivity index (χ0) is 12.3. The summed E-state index contributed by atoms with van der Waals surface area (Å²) in [5.41, 5.74) is -0.224. The number of rotatable bonds is 4. The van der Waals surface area contributed by atoms with Crippen molar-refractivity contribution in [3.05, 3.63) is 28.0 Å². The first-order valence-corrected chi connectivity index (χ1v) is 5.72. The third kappa shape index (κ3) is 3.51. The summed E-state index contributed by atoms with van der Waals surface area (Å²) in [7, 11) is 0. The van der Waals surface area contributed by atoms with Crippen molar-refractivity contribution < 1.29 is 9.50 Å². The van der Waals surface area contributed by atoms with Crippen LogP contribution in [0.25, 0.3) is 0 Å². The van der Waals surface area contributed by atoms with E-state index in [9.17, 15) is 9.50 Å². The number of hydrogen-bond acceptors (Lipinski definition) is 2. The molecule has 0 saturated carbocycles. The summed E-state index contributed by atoms with van der Waals surface area (Å²) in [6, 6.07) is 2.88. The molecule has 2 N–H and O–H groups in total. The second-order valence-corrected chi connectivity index (χ2v) is 4.77. The number of benzene rings is 1. The lowest BCUT2D eigenvalue weighted by Gasteiger charge is -2.22. The van der Waals surface area contributed by atoms with Crippen molar-refractivity contribution in [2.75, 3.05) is 11.9 Å². The van der Waals surface area contributed by atoms with Gasteiger partial charge in [0.1, 0.15) is 0 Å². The average molecular weight is 266 g/mol. The van der Waals surface area contributed by atoms with Crippen LogP contribution in [0.15, 0.2) is 12.1 Å². The van der Waals surface area contributed by atoms with Gasteiger partial charge >= 0.3 is 0 Å². The highest BCUT2D eigenvalue weighted by Gasteiger charge is 2.17. The van der Waals surface area contributed by atoms with Crippen molar-refractivity contribution in [3.8, 4) is 0 Å². The van der Waals surface area contributed by atoms with Gasteiger partial charge in [0.15, 0.2) is 5.82 Å². The van der Waals surface area contributed by atoms with E-state index in [1.807, 2.05) is 6.92 Å². The molecule has 0 bridgehead atoms. The predicted molar refractivity (Wildman–Crippen MR) is 65.8 cm³/mol. The van der Waals surface area contributed by atoms with Crippen molar-refractivity contribution in [3.63, 3.8) is 0 Å².